The van der Waals surface area contributed by atoms with E-state index in [2.05, 4.69) is 22.3 Å². The number of aromatic nitrogens is 2. The number of benzene rings is 3. The number of nitrogens with one attached hydrogen (secondary N) is 1. The van der Waals surface area contributed by atoms with Crippen LogP contribution in [0.25, 0.3) is 17.1 Å². The van der Waals surface area contributed by atoms with Gasteiger partial charge in [-0.1, -0.05) is 92.1 Å². The lowest BCUT2D eigenvalue weighted by Gasteiger charge is -2.35. The summed E-state index contributed by atoms with van der Waals surface area (Å²) in [5.74, 6) is 0.772. The van der Waals surface area contributed by atoms with E-state index in [4.69, 9.17) is 4.98 Å². The van der Waals surface area contributed by atoms with E-state index in [1.54, 1.807) is 12.2 Å². The van der Waals surface area contributed by atoms with Crippen molar-refractivity contribution in [3.63, 3.8) is 0 Å². The monoisotopic (exact) mass is 520 g/mol. The van der Waals surface area contributed by atoms with Gasteiger partial charge in [0.15, 0.2) is 0 Å². The second-order valence-electron chi connectivity index (χ2n) is 10.2. The van der Waals surface area contributed by atoms with Crippen LogP contribution in [0.3, 0.4) is 0 Å². The normalized spacial score (nSPS) is 14.1. The molecular formula is C33H36N4O2. The molecule has 39 heavy (non-hydrogen) atoms. The van der Waals surface area contributed by atoms with Gasteiger partial charge in [0, 0.05) is 31.6 Å². The van der Waals surface area contributed by atoms with Crippen LogP contribution in [-0.4, -0.2) is 38.9 Å². The van der Waals surface area contributed by atoms with E-state index in [-0.39, 0.29) is 24.4 Å². The Hall–Kier alpha value is -4.19. The summed E-state index contributed by atoms with van der Waals surface area (Å²) in [5, 5.41) is 2.96. The van der Waals surface area contributed by atoms with Gasteiger partial charge in [-0.2, -0.15) is 0 Å². The second-order valence-corrected chi connectivity index (χ2v) is 10.2. The highest BCUT2D eigenvalue weighted by atomic mass is 16.2. The molecular weight excluding hydrogens is 484 g/mol. The van der Waals surface area contributed by atoms with Crippen LogP contribution in [0.15, 0.2) is 91.0 Å². The Bertz CT molecular complexity index is 1410. The molecule has 0 unspecified atom stereocenters. The molecule has 0 saturated heterocycles. The van der Waals surface area contributed by atoms with Gasteiger partial charge in [-0.25, -0.2) is 4.98 Å². The highest BCUT2D eigenvalue weighted by molar-refractivity contribution is 5.91. The van der Waals surface area contributed by atoms with Crippen molar-refractivity contribution in [2.45, 2.75) is 57.7 Å². The maximum atomic E-state index is 13.9. The molecule has 6 nitrogen and oxygen atoms in total. The van der Waals surface area contributed by atoms with Crippen LogP contribution in [-0.2, 0) is 29.1 Å². The van der Waals surface area contributed by atoms with Crippen LogP contribution in [0.2, 0.25) is 0 Å². The number of hydrogen-bond acceptors (Lipinski definition) is 3. The van der Waals surface area contributed by atoms with E-state index in [9.17, 15) is 9.59 Å². The molecule has 6 heteroatoms. The van der Waals surface area contributed by atoms with Crippen LogP contribution >= 0.6 is 0 Å². The van der Waals surface area contributed by atoms with Crippen molar-refractivity contribution in [1.82, 2.24) is 19.8 Å². The summed E-state index contributed by atoms with van der Waals surface area (Å²) in [7, 11) is 0. The molecule has 1 aliphatic rings. The minimum absolute atomic E-state index is 0.116. The van der Waals surface area contributed by atoms with Crippen molar-refractivity contribution in [3.8, 4) is 0 Å². The number of para-hydroxylation sites is 2. The number of hydrogen-bond donors (Lipinski definition) is 1. The van der Waals surface area contributed by atoms with Gasteiger partial charge in [0.1, 0.15) is 12.4 Å². The van der Waals surface area contributed by atoms with Crippen molar-refractivity contribution in [3.05, 3.63) is 108 Å². The molecule has 1 fully saturated rings. The first-order valence-electron chi connectivity index (χ1n) is 14.0. The van der Waals surface area contributed by atoms with Gasteiger partial charge < -0.3 is 14.8 Å². The van der Waals surface area contributed by atoms with Crippen molar-refractivity contribution in [1.29, 1.82) is 0 Å². The van der Waals surface area contributed by atoms with E-state index < -0.39 is 0 Å². The molecule has 1 saturated carbocycles. The Morgan fingerprint density at radius 3 is 2.36 bits per heavy atom. The fourth-order valence-electron chi connectivity index (χ4n) is 5.40. The molecule has 0 atom stereocenters. The zero-order valence-corrected chi connectivity index (χ0v) is 22.3. The molecule has 1 aromatic heterocycles. The predicted molar refractivity (Wildman–Crippen MR) is 156 cm³/mol. The number of rotatable bonds is 10. The third-order valence-electron chi connectivity index (χ3n) is 7.43. The van der Waals surface area contributed by atoms with E-state index in [0.717, 1.165) is 40.8 Å². The highest BCUT2D eigenvalue weighted by Crippen LogP contribution is 2.25. The van der Waals surface area contributed by atoms with Crippen molar-refractivity contribution >= 4 is 28.9 Å². The summed E-state index contributed by atoms with van der Waals surface area (Å²) in [6.45, 7) is 1.29. The topological polar surface area (TPSA) is 67.2 Å². The number of fused-ring (bicyclic) bond motifs is 1. The Balaban J connectivity index is 1.30. The summed E-state index contributed by atoms with van der Waals surface area (Å²) in [5.41, 5.74) is 3.94. The maximum Gasteiger partial charge on any atom is 0.244 e. The van der Waals surface area contributed by atoms with Gasteiger partial charge in [-0.15, -0.1) is 0 Å². The predicted octanol–water partition coefficient (Wildman–Crippen LogP) is 5.77. The van der Waals surface area contributed by atoms with Crippen LogP contribution in [0, 0.1) is 0 Å². The molecule has 1 heterocycles. The Labute approximate surface area is 230 Å². The van der Waals surface area contributed by atoms with E-state index in [0.29, 0.717) is 19.5 Å². The fourth-order valence-corrected chi connectivity index (χ4v) is 5.40. The van der Waals surface area contributed by atoms with Gasteiger partial charge in [0.2, 0.25) is 11.8 Å². The second kappa shape index (κ2) is 13.1. The molecule has 3 aromatic carbocycles. The van der Waals surface area contributed by atoms with Gasteiger partial charge in [0.05, 0.1) is 11.0 Å². The third kappa shape index (κ3) is 7.02. The summed E-state index contributed by atoms with van der Waals surface area (Å²) in [6, 6.07) is 28.2. The van der Waals surface area contributed by atoms with Gasteiger partial charge in [-0.05, 0) is 42.2 Å². The molecule has 0 aliphatic heterocycles. The Morgan fingerprint density at radius 2 is 1.59 bits per heavy atom. The van der Waals surface area contributed by atoms with Crippen LogP contribution in [0.5, 0.6) is 0 Å². The average molecular weight is 521 g/mol. The van der Waals surface area contributed by atoms with Crippen molar-refractivity contribution < 1.29 is 9.59 Å². The standard InChI is InChI=1S/C33H36N4O2/c38-32(21-20-26-12-4-1-5-13-26)34-23-22-31-35-29-18-10-11-19-30(29)37(31)25-33(39)36(28-16-8-3-9-17-28)24-27-14-6-2-7-15-27/h1-2,4-7,10-15,18-21,28H,3,8-9,16-17,22-25H2,(H,34,38)/b21-20+. The maximum absolute atomic E-state index is 13.9. The van der Waals surface area contributed by atoms with Crippen LogP contribution in [0.4, 0.5) is 0 Å². The first kappa shape index (κ1) is 26.4. The first-order valence-corrected chi connectivity index (χ1v) is 14.0. The number of carbonyl (C=O) groups is 2. The lowest BCUT2D eigenvalue weighted by Crippen LogP contribution is -2.42. The molecule has 4 aromatic rings. The first-order chi connectivity index (χ1) is 19.2. The smallest absolute Gasteiger partial charge is 0.244 e. The average Bonchev–Trinajstić information content (AvgIpc) is 3.33. The summed E-state index contributed by atoms with van der Waals surface area (Å²) >= 11 is 0. The summed E-state index contributed by atoms with van der Waals surface area (Å²) in [4.78, 5) is 33.2. The molecule has 200 valence electrons. The largest absolute Gasteiger partial charge is 0.352 e. The summed E-state index contributed by atoms with van der Waals surface area (Å²) < 4.78 is 2.03. The quantitative estimate of drug-likeness (QED) is 0.270. The molecule has 1 aliphatic carbocycles. The SMILES string of the molecule is O=C(/C=C/c1ccccc1)NCCc1nc2ccccc2n1CC(=O)N(Cc1ccccc1)C1CCCCC1. The number of carbonyl (C=O) groups excluding carboxylic acids is 2. The van der Waals surface area contributed by atoms with E-state index >= 15 is 0 Å². The molecule has 2 amide bonds. The third-order valence-corrected chi connectivity index (χ3v) is 7.43. The summed E-state index contributed by atoms with van der Waals surface area (Å²) in [6.07, 6.45) is 9.57. The van der Waals surface area contributed by atoms with E-state index in [1.807, 2.05) is 77.4 Å². The zero-order chi connectivity index (χ0) is 26.9. The minimum atomic E-state index is -0.149. The van der Waals surface area contributed by atoms with Crippen LogP contribution < -0.4 is 5.32 Å². The highest BCUT2D eigenvalue weighted by Gasteiger charge is 2.27. The molecule has 0 spiro atoms. The number of amides is 2. The molecule has 1 N–H and O–H groups in total. The van der Waals surface area contributed by atoms with Crippen molar-refractivity contribution in [2.75, 3.05) is 6.54 Å². The van der Waals surface area contributed by atoms with Gasteiger partial charge >= 0.3 is 0 Å². The fraction of sp³-hybridized carbons (Fsp3) is 0.303. The molecule has 0 radical (unpaired) electrons. The minimum Gasteiger partial charge on any atom is -0.352 e. The lowest BCUT2D eigenvalue weighted by molar-refractivity contribution is -0.135. The number of imidazole rings is 1. The molecule has 0 bridgehead atoms. The Morgan fingerprint density at radius 1 is 0.897 bits per heavy atom. The molecule has 5 rings (SSSR count). The van der Waals surface area contributed by atoms with Crippen molar-refractivity contribution in [2.24, 2.45) is 0 Å². The number of nitrogens with zero attached hydrogens (tertiary/aromatic N) is 3. The van der Waals surface area contributed by atoms with Gasteiger partial charge in [0.25, 0.3) is 0 Å². The Kier molecular flexibility index (Phi) is 8.84. The zero-order valence-electron chi connectivity index (χ0n) is 22.3. The van der Waals surface area contributed by atoms with Gasteiger partial charge in [-0.3, -0.25) is 9.59 Å². The lowest BCUT2D eigenvalue weighted by atomic mass is 9.93. The van der Waals surface area contributed by atoms with E-state index in [1.165, 1.54) is 19.3 Å². The van der Waals surface area contributed by atoms with Crippen LogP contribution in [0.1, 0.15) is 49.1 Å².